The molecular weight excluding hydrogens is 270 g/mol. The van der Waals surface area contributed by atoms with Crippen molar-refractivity contribution < 1.29 is 8.78 Å². The van der Waals surface area contributed by atoms with Crippen molar-refractivity contribution >= 4 is 0 Å². The predicted molar refractivity (Wildman–Crippen MR) is 75.5 cm³/mol. The molecule has 0 radical (unpaired) electrons. The van der Waals surface area contributed by atoms with Gasteiger partial charge in [0, 0.05) is 18.5 Å². The lowest BCUT2D eigenvalue weighted by Gasteiger charge is -2.01. The average molecular weight is 278 g/mol. The van der Waals surface area contributed by atoms with Gasteiger partial charge in [-0.2, -0.15) is 0 Å². The number of halogens is 2. The molecule has 0 N–H and O–H groups in total. The van der Waals surface area contributed by atoms with Crippen LogP contribution in [0.4, 0.5) is 8.78 Å². The molecule has 2 rings (SSSR count). The molecule has 0 aliphatic carbocycles. The maximum absolute atomic E-state index is 13.6. The van der Waals surface area contributed by atoms with E-state index in [0.29, 0.717) is 5.56 Å². The largest absolute Gasteiger partial charge is 0.235 e. The van der Waals surface area contributed by atoms with Crippen LogP contribution in [0.3, 0.4) is 0 Å². The molecule has 0 bridgehead atoms. The Morgan fingerprint density at radius 2 is 1.67 bits per heavy atom. The maximum atomic E-state index is 13.6. The Morgan fingerprint density at radius 1 is 0.952 bits per heavy atom. The Bertz CT molecular complexity index is 836. The summed E-state index contributed by atoms with van der Waals surface area (Å²) in [7, 11) is 0. The van der Waals surface area contributed by atoms with Crippen molar-refractivity contribution in [2.75, 3.05) is 0 Å². The minimum atomic E-state index is -0.710. The zero-order chi connectivity index (χ0) is 15.1. The van der Waals surface area contributed by atoms with E-state index in [2.05, 4.69) is 45.5 Å². The van der Waals surface area contributed by atoms with Crippen molar-refractivity contribution in [3.8, 4) is 46.9 Å². The van der Waals surface area contributed by atoms with Crippen LogP contribution in [0.2, 0.25) is 0 Å². The van der Waals surface area contributed by atoms with E-state index in [0.717, 1.165) is 12.1 Å². The monoisotopic (exact) mass is 278 g/mol. The Labute approximate surface area is 121 Å². The van der Waals surface area contributed by atoms with Crippen LogP contribution in [-0.4, -0.2) is 9.97 Å². The van der Waals surface area contributed by atoms with Gasteiger partial charge in [0.05, 0.1) is 11.1 Å². The highest BCUT2D eigenvalue weighted by Gasteiger charge is 2.08. The second kappa shape index (κ2) is 6.85. The van der Waals surface area contributed by atoms with E-state index >= 15 is 0 Å². The Balaban J connectivity index is 2.23. The summed E-state index contributed by atoms with van der Waals surface area (Å²) in [4.78, 5) is 8.00. The predicted octanol–water partition coefficient (Wildman–Crippen LogP) is 2.80. The Morgan fingerprint density at radius 3 is 2.33 bits per heavy atom. The van der Waals surface area contributed by atoms with Gasteiger partial charge >= 0.3 is 0 Å². The summed E-state index contributed by atoms with van der Waals surface area (Å²) >= 11 is 0. The molecule has 4 heteroatoms. The molecule has 0 spiro atoms. The third-order valence-electron chi connectivity index (χ3n) is 2.34. The molecule has 1 heterocycles. The lowest BCUT2D eigenvalue weighted by Crippen LogP contribution is -1.93. The molecule has 1 aromatic heterocycles. The molecule has 0 atom stereocenters. The third-order valence-corrected chi connectivity index (χ3v) is 2.34. The maximum Gasteiger partial charge on any atom is 0.162 e. The van der Waals surface area contributed by atoms with Gasteiger partial charge in [0.15, 0.2) is 5.82 Å². The van der Waals surface area contributed by atoms with Gasteiger partial charge in [0.1, 0.15) is 11.6 Å². The van der Waals surface area contributed by atoms with Crippen LogP contribution in [-0.2, 0) is 0 Å². The van der Waals surface area contributed by atoms with E-state index in [9.17, 15) is 8.78 Å². The molecule has 100 valence electrons. The topological polar surface area (TPSA) is 25.8 Å². The van der Waals surface area contributed by atoms with Gasteiger partial charge in [-0.3, -0.25) is 0 Å². The average Bonchev–Trinajstić information content (AvgIpc) is 2.48. The molecular formula is C17H8F2N2. The van der Waals surface area contributed by atoms with E-state index in [1.807, 2.05) is 0 Å². The Kier molecular flexibility index (Phi) is 4.65. The first kappa shape index (κ1) is 14.3. The number of aromatic nitrogens is 2. The first-order valence-corrected chi connectivity index (χ1v) is 5.91. The van der Waals surface area contributed by atoms with E-state index in [-0.39, 0.29) is 11.4 Å². The number of benzene rings is 1. The van der Waals surface area contributed by atoms with Crippen LogP contribution in [0.15, 0.2) is 30.6 Å². The summed E-state index contributed by atoms with van der Waals surface area (Å²) in [5, 5.41) is 0. The van der Waals surface area contributed by atoms with E-state index < -0.39 is 11.6 Å². The van der Waals surface area contributed by atoms with Crippen LogP contribution in [0.1, 0.15) is 12.5 Å². The molecule has 21 heavy (non-hydrogen) atoms. The second-order valence-corrected chi connectivity index (χ2v) is 3.79. The normalized spacial score (nSPS) is 8.52. The minimum absolute atomic E-state index is 0.133. The van der Waals surface area contributed by atoms with Crippen molar-refractivity contribution in [1.82, 2.24) is 9.97 Å². The van der Waals surface area contributed by atoms with Crippen LogP contribution >= 0.6 is 0 Å². The fraction of sp³-hybridized carbons (Fsp3) is 0.0588. The first-order valence-electron chi connectivity index (χ1n) is 5.91. The molecule has 2 aromatic rings. The number of nitrogens with zero attached hydrogens (tertiary/aromatic N) is 2. The van der Waals surface area contributed by atoms with Crippen LogP contribution in [0.25, 0.3) is 11.4 Å². The summed E-state index contributed by atoms with van der Waals surface area (Å²) in [5.41, 5.74) is 0.675. The van der Waals surface area contributed by atoms with Gasteiger partial charge in [-0.25, -0.2) is 18.7 Å². The summed E-state index contributed by atoms with van der Waals surface area (Å²) < 4.78 is 26.4. The summed E-state index contributed by atoms with van der Waals surface area (Å²) in [6.45, 7) is 1.68. The number of rotatable bonds is 1. The Hall–Kier alpha value is -3.16. The lowest BCUT2D eigenvalue weighted by molar-refractivity contribution is 0.585. The van der Waals surface area contributed by atoms with Crippen molar-refractivity contribution in [2.45, 2.75) is 6.92 Å². The zero-order valence-corrected chi connectivity index (χ0v) is 11.0. The van der Waals surface area contributed by atoms with E-state index in [4.69, 9.17) is 0 Å². The quantitative estimate of drug-likeness (QED) is 0.750. The fourth-order valence-corrected chi connectivity index (χ4v) is 1.43. The van der Waals surface area contributed by atoms with Crippen LogP contribution in [0.5, 0.6) is 0 Å². The smallest absolute Gasteiger partial charge is 0.162 e. The SMILES string of the molecule is CC#CC#CC#Cc1cnc(-c2ccc(F)cc2F)nc1. The molecule has 0 saturated heterocycles. The molecule has 0 saturated carbocycles. The van der Waals surface area contributed by atoms with Gasteiger partial charge < -0.3 is 0 Å². The van der Waals surface area contributed by atoms with Crippen molar-refractivity contribution in [1.29, 1.82) is 0 Å². The molecule has 1 aromatic carbocycles. The van der Waals surface area contributed by atoms with Gasteiger partial charge in [-0.1, -0.05) is 5.92 Å². The molecule has 2 nitrogen and oxygen atoms in total. The molecule has 0 unspecified atom stereocenters. The third kappa shape index (κ3) is 3.90. The zero-order valence-electron chi connectivity index (χ0n) is 11.0. The van der Waals surface area contributed by atoms with E-state index in [1.54, 1.807) is 6.92 Å². The van der Waals surface area contributed by atoms with Gasteiger partial charge in [0.2, 0.25) is 0 Å². The summed E-state index contributed by atoms with van der Waals surface area (Å²) in [6, 6.07) is 3.23. The second-order valence-electron chi connectivity index (χ2n) is 3.79. The van der Waals surface area contributed by atoms with Crippen molar-refractivity contribution in [3.63, 3.8) is 0 Å². The molecule has 0 fully saturated rings. The van der Waals surface area contributed by atoms with Crippen molar-refractivity contribution in [2.24, 2.45) is 0 Å². The highest BCUT2D eigenvalue weighted by molar-refractivity contribution is 5.56. The minimum Gasteiger partial charge on any atom is -0.235 e. The van der Waals surface area contributed by atoms with Crippen molar-refractivity contribution in [3.05, 3.63) is 47.8 Å². The lowest BCUT2D eigenvalue weighted by atomic mass is 10.2. The van der Waals surface area contributed by atoms with Gasteiger partial charge in [-0.15, -0.1) is 0 Å². The molecule has 0 amide bonds. The van der Waals surface area contributed by atoms with Crippen LogP contribution < -0.4 is 0 Å². The van der Waals surface area contributed by atoms with Gasteiger partial charge in [0.25, 0.3) is 0 Å². The fourth-order valence-electron chi connectivity index (χ4n) is 1.43. The summed E-state index contributed by atoms with van der Waals surface area (Å²) in [5.74, 6) is 14.4. The highest BCUT2D eigenvalue weighted by atomic mass is 19.1. The molecule has 0 aliphatic heterocycles. The number of hydrogen-bond acceptors (Lipinski definition) is 2. The molecule has 0 aliphatic rings. The highest BCUT2D eigenvalue weighted by Crippen LogP contribution is 2.19. The number of hydrogen-bond donors (Lipinski definition) is 0. The standard InChI is InChI=1S/C17H8F2N2/c1-2-3-4-5-6-7-13-11-20-17(21-12-13)15-9-8-14(18)10-16(15)19/h8-12H,1H3. The summed E-state index contributed by atoms with van der Waals surface area (Å²) in [6.07, 6.45) is 2.90. The van der Waals surface area contributed by atoms with Gasteiger partial charge in [-0.05, 0) is 48.7 Å². The van der Waals surface area contributed by atoms with E-state index in [1.165, 1.54) is 18.5 Å². The first-order chi connectivity index (χ1) is 10.2. The van der Waals surface area contributed by atoms with Crippen LogP contribution in [0, 0.1) is 47.2 Å².